The zero-order chi connectivity index (χ0) is 22.8. The number of imide groups is 1. The van der Waals surface area contributed by atoms with Gasteiger partial charge >= 0.3 is 0 Å². The van der Waals surface area contributed by atoms with Crippen LogP contribution in [0, 0.1) is 11.8 Å². The zero-order valence-corrected chi connectivity index (χ0v) is 19.4. The van der Waals surface area contributed by atoms with Crippen LogP contribution in [0.1, 0.15) is 78.5 Å². The SMILES string of the molecule is O=C(NC[C@@H]1CCCO1)C1CCN(c2cccc3c2C(=O)N(CC2CCCCC2)C3=O)CC1. The van der Waals surface area contributed by atoms with Crippen molar-refractivity contribution in [2.24, 2.45) is 11.8 Å². The summed E-state index contributed by atoms with van der Waals surface area (Å²) in [6.07, 6.45) is 9.56. The van der Waals surface area contributed by atoms with Crippen LogP contribution in [0.4, 0.5) is 5.69 Å². The van der Waals surface area contributed by atoms with E-state index < -0.39 is 0 Å². The van der Waals surface area contributed by atoms with Crippen LogP contribution < -0.4 is 10.2 Å². The van der Waals surface area contributed by atoms with Crippen LogP contribution in [0.15, 0.2) is 18.2 Å². The summed E-state index contributed by atoms with van der Waals surface area (Å²) in [5.41, 5.74) is 1.93. The molecular formula is C26H35N3O4. The summed E-state index contributed by atoms with van der Waals surface area (Å²) in [4.78, 5) is 42.7. The Morgan fingerprint density at radius 1 is 0.970 bits per heavy atom. The van der Waals surface area contributed by atoms with Crippen LogP contribution in [-0.4, -0.2) is 61.5 Å². The van der Waals surface area contributed by atoms with Gasteiger partial charge in [-0.1, -0.05) is 25.3 Å². The molecule has 0 spiro atoms. The minimum atomic E-state index is -0.147. The van der Waals surface area contributed by atoms with Gasteiger partial charge in [-0.05, 0) is 56.6 Å². The maximum Gasteiger partial charge on any atom is 0.263 e. The van der Waals surface area contributed by atoms with Crippen molar-refractivity contribution in [3.8, 4) is 0 Å². The first kappa shape index (κ1) is 22.4. The lowest BCUT2D eigenvalue weighted by molar-refractivity contribution is -0.126. The third-order valence-corrected chi connectivity index (χ3v) is 7.88. The summed E-state index contributed by atoms with van der Waals surface area (Å²) in [6.45, 7) is 3.34. The van der Waals surface area contributed by atoms with Crippen LogP contribution in [0.25, 0.3) is 0 Å². The average Bonchev–Trinajstić information content (AvgIpc) is 3.46. The molecule has 1 atom stereocenters. The molecule has 1 N–H and O–H groups in total. The zero-order valence-electron chi connectivity index (χ0n) is 19.4. The van der Waals surface area contributed by atoms with Crippen LogP contribution in [0.3, 0.4) is 0 Å². The third-order valence-electron chi connectivity index (χ3n) is 7.88. The number of anilines is 1. The second kappa shape index (κ2) is 9.84. The molecule has 0 aromatic heterocycles. The number of nitrogens with one attached hydrogen (secondary N) is 1. The molecule has 3 aliphatic heterocycles. The molecule has 3 heterocycles. The molecule has 33 heavy (non-hydrogen) atoms. The number of amides is 3. The summed E-state index contributed by atoms with van der Waals surface area (Å²) in [5, 5.41) is 3.06. The number of hydrogen-bond donors (Lipinski definition) is 1. The van der Waals surface area contributed by atoms with Crippen LogP contribution in [-0.2, 0) is 9.53 Å². The minimum absolute atomic E-state index is 0.0143. The topological polar surface area (TPSA) is 79.0 Å². The molecule has 0 unspecified atom stereocenters. The number of piperidine rings is 1. The number of fused-ring (bicyclic) bond motifs is 1. The van der Waals surface area contributed by atoms with Crippen molar-refractivity contribution in [3.05, 3.63) is 29.3 Å². The fraction of sp³-hybridized carbons (Fsp3) is 0.654. The van der Waals surface area contributed by atoms with E-state index in [1.54, 1.807) is 6.07 Å². The van der Waals surface area contributed by atoms with Crippen molar-refractivity contribution in [1.29, 1.82) is 0 Å². The number of benzene rings is 1. The van der Waals surface area contributed by atoms with Crippen molar-refractivity contribution < 1.29 is 19.1 Å². The molecule has 7 nitrogen and oxygen atoms in total. The maximum atomic E-state index is 13.3. The summed E-state index contributed by atoms with van der Waals surface area (Å²) >= 11 is 0. The number of carbonyl (C=O) groups is 3. The number of hydrogen-bond acceptors (Lipinski definition) is 5. The van der Waals surface area contributed by atoms with E-state index in [1.165, 1.54) is 24.2 Å². The first-order valence-corrected chi connectivity index (χ1v) is 12.8. The van der Waals surface area contributed by atoms with E-state index in [4.69, 9.17) is 4.74 Å². The molecule has 4 aliphatic rings. The van der Waals surface area contributed by atoms with Crippen LogP contribution in [0.2, 0.25) is 0 Å². The van der Waals surface area contributed by atoms with E-state index in [1.807, 2.05) is 12.1 Å². The van der Waals surface area contributed by atoms with E-state index in [9.17, 15) is 14.4 Å². The van der Waals surface area contributed by atoms with Crippen LogP contribution in [0.5, 0.6) is 0 Å². The molecule has 2 saturated heterocycles. The minimum Gasteiger partial charge on any atom is -0.376 e. The lowest BCUT2D eigenvalue weighted by Crippen LogP contribution is -2.42. The Kier molecular flexibility index (Phi) is 6.67. The van der Waals surface area contributed by atoms with Gasteiger partial charge in [0, 0.05) is 38.7 Å². The van der Waals surface area contributed by atoms with Gasteiger partial charge in [-0.25, -0.2) is 0 Å². The Hall–Kier alpha value is -2.41. The number of nitrogens with zero attached hydrogens (tertiary/aromatic N) is 2. The fourth-order valence-electron chi connectivity index (χ4n) is 5.92. The maximum absolute atomic E-state index is 13.3. The Labute approximate surface area is 195 Å². The molecule has 3 amide bonds. The summed E-state index contributed by atoms with van der Waals surface area (Å²) < 4.78 is 5.60. The van der Waals surface area contributed by atoms with Gasteiger partial charge in [-0.15, -0.1) is 0 Å². The number of carbonyl (C=O) groups excluding carboxylic acids is 3. The predicted octanol–water partition coefficient (Wildman–Crippen LogP) is 3.37. The van der Waals surface area contributed by atoms with E-state index in [2.05, 4.69) is 10.2 Å². The summed E-state index contributed by atoms with van der Waals surface area (Å²) in [6, 6.07) is 5.61. The molecule has 7 heteroatoms. The summed E-state index contributed by atoms with van der Waals surface area (Å²) in [5.74, 6) is 0.222. The Bertz CT molecular complexity index is 897. The first-order chi connectivity index (χ1) is 16.1. The Balaban J connectivity index is 1.22. The molecule has 178 valence electrons. The number of rotatable bonds is 6. The van der Waals surface area contributed by atoms with Gasteiger partial charge in [0.15, 0.2) is 0 Å². The highest BCUT2D eigenvalue weighted by Crippen LogP contribution is 2.35. The second-order valence-corrected chi connectivity index (χ2v) is 10.1. The normalized spacial score (nSPS) is 24.4. The fourth-order valence-corrected chi connectivity index (χ4v) is 5.92. The monoisotopic (exact) mass is 453 g/mol. The van der Waals surface area contributed by atoms with E-state index in [0.29, 0.717) is 43.2 Å². The van der Waals surface area contributed by atoms with Gasteiger partial charge in [-0.2, -0.15) is 0 Å². The van der Waals surface area contributed by atoms with Crippen molar-refractivity contribution in [2.75, 3.05) is 37.7 Å². The highest BCUT2D eigenvalue weighted by molar-refractivity contribution is 6.23. The first-order valence-electron chi connectivity index (χ1n) is 12.8. The largest absolute Gasteiger partial charge is 0.376 e. The molecule has 1 saturated carbocycles. The van der Waals surface area contributed by atoms with Gasteiger partial charge in [0.2, 0.25) is 5.91 Å². The van der Waals surface area contributed by atoms with Gasteiger partial charge in [-0.3, -0.25) is 19.3 Å². The predicted molar refractivity (Wildman–Crippen MR) is 125 cm³/mol. The third kappa shape index (κ3) is 4.65. The molecule has 1 aliphatic carbocycles. The number of ether oxygens (including phenoxy) is 1. The van der Waals surface area contributed by atoms with Gasteiger partial charge in [0.05, 0.1) is 22.9 Å². The molecular weight excluding hydrogens is 418 g/mol. The molecule has 3 fully saturated rings. The van der Waals surface area contributed by atoms with Gasteiger partial charge < -0.3 is 15.0 Å². The average molecular weight is 454 g/mol. The van der Waals surface area contributed by atoms with E-state index in [-0.39, 0.29) is 29.7 Å². The molecule has 0 bridgehead atoms. The van der Waals surface area contributed by atoms with E-state index in [0.717, 1.165) is 50.8 Å². The summed E-state index contributed by atoms with van der Waals surface area (Å²) in [7, 11) is 0. The highest BCUT2D eigenvalue weighted by atomic mass is 16.5. The van der Waals surface area contributed by atoms with E-state index >= 15 is 0 Å². The van der Waals surface area contributed by atoms with Crippen molar-refractivity contribution in [2.45, 2.75) is 63.9 Å². The quantitative estimate of drug-likeness (QED) is 0.668. The highest BCUT2D eigenvalue weighted by Gasteiger charge is 2.40. The molecule has 0 radical (unpaired) electrons. The lowest BCUT2D eigenvalue weighted by atomic mass is 9.89. The van der Waals surface area contributed by atoms with Crippen molar-refractivity contribution >= 4 is 23.4 Å². The molecule has 1 aromatic carbocycles. The molecule has 1 aromatic rings. The molecule has 5 rings (SSSR count). The Morgan fingerprint density at radius 2 is 1.76 bits per heavy atom. The second-order valence-electron chi connectivity index (χ2n) is 10.1. The smallest absolute Gasteiger partial charge is 0.263 e. The van der Waals surface area contributed by atoms with Crippen LogP contribution >= 0.6 is 0 Å². The van der Waals surface area contributed by atoms with Crippen molar-refractivity contribution in [1.82, 2.24) is 10.2 Å². The Morgan fingerprint density at radius 3 is 2.48 bits per heavy atom. The van der Waals surface area contributed by atoms with Crippen molar-refractivity contribution in [3.63, 3.8) is 0 Å². The van der Waals surface area contributed by atoms with Gasteiger partial charge in [0.1, 0.15) is 0 Å². The lowest BCUT2D eigenvalue weighted by Gasteiger charge is -2.34. The van der Waals surface area contributed by atoms with Gasteiger partial charge in [0.25, 0.3) is 11.8 Å². The standard InChI is InChI=1S/C26H35N3O4/c30-24(27-16-20-8-5-15-33-20)19-11-13-28(14-12-19)22-10-4-9-21-23(22)26(32)29(25(21)31)17-18-6-2-1-3-7-18/h4,9-10,18-20H,1-3,5-8,11-17H2,(H,27,30)/t20-/m0/s1.